The highest BCUT2D eigenvalue weighted by atomic mass is 16.6. The van der Waals surface area contributed by atoms with Gasteiger partial charge < -0.3 is 14.8 Å². The van der Waals surface area contributed by atoms with Crippen molar-refractivity contribution in [2.45, 2.75) is 71.9 Å². The van der Waals surface area contributed by atoms with Crippen LogP contribution in [-0.2, 0) is 15.1 Å². The molecule has 206 valence electrons. The third-order valence-electron chi connectivity index (χ3n) is 5.47. The smallest absolute Gasteiger partial charge is 0.306 e. The fourth-order valence-corrected chi connectivity index (χ4v) is 3.74. The van der Waals surface area contributed by atoms with Crippen molar-refractivity contribution in [2.75, 3.05) is 11.9 Å². The summed E-state index contributed by atoms with van der Waals surface area (Å²) >= 11 is 0. The molecule has 2 heterocycles. The number of carbonyl (C=O) groups excluding carboxylic acids is 1. The number of unbranched alkanes of at least 4 members (excludes halogenated alkanes) is 1. The molecular formula is C28H34N6O5. The van der Waals surface area contributed by atoms with Gasteiger partial charge in [-0.3, -0.25) is 19.9 Å². The van der Waals surface area contributed by atoms with E-state index in [0.29, 0.717) is 59.9 Å². The number of non-ortho nitro benzene ring substituents is 1. The van der Waals surface area contributed by atoms with Crippen LogP contribution in [0.4, 0.5) is 17.2 Å². The molecular weight excluding hydrogens is 500 g/mol. The number of hydrogen-bond donors (Lipinski definition) is 1. The van der Waals surface area contributed by atoms with Crippen LogP contribution in [0.5, 0.6) is 5.75 Å². The molecule has 0 aliphatic heterocycles. The summed E-state index contributed by atoms with van der Waals surface area (Å²) in [6.45, 7) is 11.7. The zero-order valence-corrected chi connectivity index (χ0v) is 23.1. The fraction of sp³-hybridized carbons (Fsp3) is 0.429. The van der Waals surface area contributed by atoms with Crippen molar-refractivity contribution < 1.29 is 19.2 Å². The number of pyridine rings is 1. The molecule has 0 aliphatic rings. The van der Waals surface area contributed by atoms with Crippen molar-refractivity contribution in [2.24, 2.45) is 0 Å². The standard InChI is InChI=1S/C28H34N6O5/c1-27(2,3)33-26(21(17-29)25(32-33)19-10-12-20(13-11-19)34(36)37)31-22-14-15-30-18-23(22)38-16-8-7-9-24(35)39-28(4,5)6/h10-15,18H,7-9,16H2,1-6H3,(H,30,31). The number of rotatable bonds is 10. The van der Waals surface area contributed by atoms with E-state index in [0.717, 1.165) is 0 Å². The number of nitrogens with zero attached hydrogens (tertiary/aromatic N) is 5. The Hall–Kier alpha value is -4.46. The maximum Gasteiger partial charge on any atom is 0.306 e. The van der Waals surface area contributed by atoms with Crippen LogP contribution in [0.3, 0.4) is 0 Å². The summed E-state index contributed by atoms with van der Waals surface area (Å²) in [5.74, 6) is 0.700. The molecule has 0 atom stereocenters. The number of anilines is 2. The van der Waals surface area contributed by atoms with Crippen LogP contribution in [0.2, 0.25) is 0 Å². The first kappa shape index (κ1) is 29.1. The molecule has 0 radical (unpaired) electrons. The van der Waals surface area contributed by atoms with Gasteiger partial charge >= 0.3 is 5.97 Å². The van der Waals surface area contributed by atoms with E-state index in [2.05, 4.69) is 16.4 Å². The maximum absolute atomic E-state index is 11.9. The molecule has 0 amide bonds. The minimum Gasteiger partial charge on any atom is -0.490 e. The van der Waals surface area contributed by atoms with Crippen molar-refractivity contribution in [3.05, 3.63) is 58.4 Å². The first-order valence-electron chi connectivity index (χ1n) is 12.6. The zero-order valence-electron chi connectivity index (χ0n) is 23.1. The van der Waals surface area contributed by atoms with E-state index in [1.54, 1.807) is 35.3 Å². The van der Waals surface area contributed by atoms with E-state index in [-0.39, 0.29) is 11.7 Å². The predicted molar refractivity (Wildman–Crippen MR) is 147 cm³/mol. The van der Waals surface area contributed by atoms with Gasteiger partial charge in [-0.1, -0.05) is 0 Å². The number of nitro groups is 1. The minimum atomic E-state index is -0.510. The quantitative estimate of drug-likeness (QED) is 0.141. The van der Waals surface area contributed by atoms with Crippen molar-refractivity contribution in [1.29, 1.82) is 5.26 Å². The van der Waals surface area contributed by atoms with Crippen LogP contribution in [0.15, 0.2) is 42.7 Å². The molecule has 1 N–H and O–H groups in total. The molecule has 0 saturated carbocycles. The average Bonchev–Trinajstić information content (AvgIpc) is 3.22. The van der Waals surface area contributed by atoms with Crippen molar-refractivity contribution in [3.8, 4) is 23.1 Å². The Morgan fingerprint density at radius 3 is 2.41 bits per heavy atom. The summed E-state index contributed by atoms with van der Waals surface area (Å²) in [5, 5.41) is 29.2. The Balaban J connectivity index is 1.82. The van der Waals surface area contributed by atoms with Crippen molar-refractivity contribution in [1.82, 2.24) is 14.8 Å². The monoisotopic (exact) mass is 534 g/mol. The van der Waals surface area contributed by atoms with Gasteiger partial charge in [-0.2, -0.15) is 10.4 Å². The molecule has 0 fully saturated rings. The molecule has 0 aliphatic carbocycles. The predicted octanol–water partition coefficient (Wildman–Crippen LogP) is 6.11. The van der Waals surface area contributed by atoms with E-state index >= 15 is 0 Å². The van der Waals surface area contributed by atoms with E-state index in [4.69, 9.17) is 14.6 Å². The number of carbonyl (C=O) groups is 1. The number of nitriles is 1. The molecule has 0 bridgehead atoms. The lowest BCUT2D eigenvalue weighted by molar-refractivity contribution is -0.384. The van der Waals surface area contributed by atoms with Gasteiger partial charge in [0, 0.05) is 30.3 Å². The van der Waals surface area contributed by atoms with Crippen molar-refractivity contribution in [3.63, 3.8) is 0 Å². The molecule has 3 aromatic rings. The van der Waals surface area contributed by atoms with Crippen LogP contribution >= 0.6 is 0 Å². The van der Waals surface area contributed by atoms with E-state index < -0.39 is 16.1 Å². The number of esters is 1. The van der Waals surface area contributed by atoms with Crippen LogP contribution in [0.1, 0.15) is 66.4 Å². The molecule has 1 aromatic carbocycles. The lowest BCUT2D eigenvalue weighted by atomic mass is 10.1. The molecule has 3 rings (SSSR count). The fourth-order valence-electron chi connectivity index (χ4n) is 3.74. The number of benzene rings is 1. The van der Waals surface area contributed by atoms with Crippen LogP contribution in [0, 0.1) is 21.4 Å². The minimum absolute atomic E-state index is 0.0458. The molecule has 39 heavy (non-hydrogen) atoms. The second-order valence-corrected chi connectivity index (χ2v) is 11.0. The van der Waals surface area contributed by atoms with Crippen LogP contribution in [-0.4, -0.2) is 37.9 Å². The third kappa shape index (κ3) is 7.77. The zero-order chi connectivity index (χ0) is 28.8. The Kier molecular flexibility index (Phi) is 8.91. The summed E-state index contributed by atoms with van der Waals surface area (Å²) in [6, 6.07) is 9.91. The van der Waals surface area contributed by atoms with Crippen LogP contribution in [0.25, 0.3) is 11.3 Å². The first-order chi connectivity index (χ1) is 18.3. The number of nitrogens with one attached hydrogen (secondary N) is 1. The summed E-state index contributed by atoms with van der Waals surface area (Å²) < 4.78 is 13.0. The lowest BCUT2D eigenvalue weighted by Gasteiger charge is -2.23. The topological polar surface area (TPSA) is 145 Å². The number of ether oxygens (including phenoxy) is 2. The summed E-state index contributed by atoms with van der Waals surface area (Å²) in [4.78, 5) is 26.7. The second kappa shape index (κ2) is 11.9. The van der Waals surface area contributed by atoms with Gasteiger partial charge in [-0.05, 0) is 72.6 Å². The Morgan fingerprint density at radius 2 is 1.82 bits per heavy atom. The number of hydrogen-bond acceptors (Lipinski definition) is 9. The summed E-state index contributed by atoms with van der Waals surface area (Å²) in [5.41, 5.74) is 0.818. The number of nitro benzene ring substituents is 1. The van der Waals surface area contributed by atoms with Gasteiger partial charge in [0.2, 0.25) is 0 Å². The largest absolute Gasteiger partial charge is 0.490 e. The summed E-state index contributed by atoms with van der Waals surface area (Å²) in [7, 11) is 0. The average molecular weight is 535 g/mol. The Morgan fingerprint density at radius 1 is 1.13 bits per heavy atom. The van der Waals surface area contributed by atoms with E-state index in [1.165, 1.54) is 12.1 Å². The van der Waals surface area contributed by atoms with E-state index in [1.807, 2.05) is 41.5 Å². The third-order valence-corrected chi connectivity index (χ3v) is 5.47. The highest BCUT2D eigenvalue weighted by Gasteiger charge is 2.27. The van der Waals surface area contributed by atoms with Gasteiger partial charge in [-0.25, -0.2) is 4.68 Å². The molecule has 0 unspecified atom stereocenters. The first-order valence-corrected chi connectivity index (χ1v) is 12.6. The highest BCUT2D eigenvalue weighted by molar-refractivity contribution is 5.78. The van der Waals surface area contributed by atoms with Gasteiger partial charge in [0.15, 0.2) is 5.75 Å². The molecule has 0 spiro atoms. The van der Waals surface area contributed by atoms with Gasteiger partial charge in [0.05, 0.1) is 29.0 Å². The maximum atomic E-state index is 11.9. The summed E-state index contributed by atoms with van der Waals surface area (Å²) in [6.07, 6.45) is 4.75. The number of aromatic nitrogens is 3. The SMILES string of the molecule is CC(C)(C)OC(=O)CCCCOc1cnccc1Nc1c(C#N)c(-c2ccc([N+](=O)[O-])cc2)nn1C(C)(C)C. The Labute approximate surface area is 227 Å². The van der Waals surface area contributed by atoms with Crippen molar-refractivity contribution >= 4 is 23.2 Å². The molecule has 11 nitrogen and oxygen atoms in total. The second-order valence-electron chi connectivity index (χ2n) is 11.0. The molecule has 11 heteroatoms. The highest BCUT2D eigenvalue weighted by Crippen LogP contribution is 2.36. The van der Waals surface area contributed by atoms with E-state index in [9.17, 15) is 20.2 Å². The van der Waals surface area contributed by atoms with Gasteiger partial charge in [0.1, 0.15) is 28.7 Å². The van der Waals surface area contributed by atoms with Crippen LogP contribution < -0.4 is 10.1 Å². The molecule has 0 saturated heterocycles. The molecule has 2 aromatic heterocycles. The van der Waals surface area contributed by atoms with Gasteiger partial charge in [0.25, 0.3) is 5.69 Å². The normalized spacial score (nSPS) is 11.5. The Bertz CT molecular complexity index is 1360. The lowest BCUT2D eigenvalue weighted by Crippen LogP contribution is -2.24. The van der Waals surface area contributed by atoms with Gasteiger partial charge in [-0.15, -0.1) is 0 Å².